The Balaban J connectivity index is 2.48. The zero-order valence-electron chi connectivity index (χ0n) is 19.0. The third-order valence-electron chi connectivity index (χ3n) is 5.15. The van der Waals surface area contributed by atoms with Gasteiger partial charge in [0.15, 0.2) is 0 Å². The van der Waals surface area contributed by atoms with Crippen LogP contribution in [0.3, 0.4) is 0 Å². The number of hydrogen-bond acceptors (Lipinski definition) is 7. The van der Waals surface area contributed by atoms with E-state index in [9.17, 15) is 18.3 Å². The van der Waals surface area contributed by atoms with E-state index in [2.05, 4.69) is 16.8 Å². The Bertz CT molecular complexity index is 954. The number of hydrogen-bond donors (Lipinski definition) is 1. The third-order valence-corrected chi connectivity index (χ3v) is 6.43. The minimum absolute atomic E-state index is 0.112. The number of aliphatic hydroxyl groups excluding tert-OH is 1. The van der Waals surface area contributed by atoms with Gasteiger partial charge in [-0.05, 0) is 27.1 Å². The van der Waals surface area contributed by atoms with Crippen molar-refractivity contribution in [2.75, 3.05) is 53.6 Å². The highest BCUT2D eigenvalue weighted by atomic mass is 32.2. The number of carbonyl (C=O) groups is 1. The summed E-state index contributed by atoms with van der Waals surface area (Å²) >= 11 is 0. The second kappa shape index (κ2) is 10.4. The molecule has 9 nitrogen and oxygen atoms in total. The summed E-state index contributed by atoms with van der Waals surface area (Å²) in [6, 6.07) is 1.22. The molecule has 10 heteroatoms. The number of nitrogens with zero attached hydrogens (tertiary/aromatic N) is 4. The highest BCUT2D eigenvalue weighted by molar-refractivity contribution is 7.88. The SMILES string of the molecule is C[C@@H]1CN([C@@H](C)CO)C(=O)c2cc(C#CCN(C)C)cnc2O[C@@H]1CN(C)S(C)(=O)=O. The molecule has 0 radical (unpaired) electrons. The first kappa shape index (κ1) is 25.1. The fraction of sp³-hybridized carbons (Fsp3) is 0.619. The molecule has 1 aromatic rings. The minimum Gasteiger partial charge on any atom is -0.472 e. The van der Waals surface area contributed by atoms with Crippen LogP contribution < -0.4 is 4.74 Å². The van der Waals surface area contributed by atoms with E-state index in [1.54, 1.807) is 17.9 Å². The molecule has 2 rings (SSSR count). The monoisotopic (exact) mass is 452 g/mol. The van der Waals surface area contributed by atoms with Gasteiger partial charge in [0.25, 0.3) is 5.91 Å². The molecule has 2 heterocycles. The number of fused-ring (bicyclic) bond motifs is 1. The number of pyridine rings is 1. The van der Waals surface area contributed by atoms with Gasteiger partial charge in [-0.25, -0.2) is 17.7 Å². The van der Waals surface area contributed by atoms with Crippen molar-refractivity contribution in [3.05, 3.63) is 23.4 Å². The Kier molecular flexibility index (Phi) is 8.42. The number of carbonyl (C=O) groups excluding carboxylic acids is 1. The molecule has 1 aromatic heterocycles. The van der Waals surface area contributed by atoms with Crippen molar-refractivity contribution >= 4 is 15.9 Å². The van der Waals surface area contributed by atoms with Gasteiger partial charge in [0.05, 0.1) is 32.0 Å². The van der Waals surface area contributed by atoms with Crippen molar-refractivity contribution in [3.8, 4) is 17.7 Å². The predicted molar refractivity (Wildman–Crippen MR) is 118 cm³/mol. The quantitative estimate of drug-likeness (QED) is 0.611. The average Bonchev–Trinajstić information content (AvgIpc) is 2.69. The van der Waals surface area contributed by atoms with Crippen molar-refractivity contribution in [2.45, 2.75) is 26.0 Å². The molecule has 0 saturated heterocycles. The summed E-state index contributed by atoms with van der Waals surface area (Å²) < 4.78 is 31.1. The number of amides is 1. The van der Waals surface area contributed by atoms with Crippen molar-refractivity contribution < 1.29 is 23.1 Å². The van der Waals surface area contributed by atoms with Crippen LogP contribution in [0, 0.1) is 17.8 Å². The molecular weight excluding hydrogens is 420 g/mol. The van der Waals surface area contributed by atoms with Crippen LogP contribution in [0.25, 0.3) is 0 Å². The predicted octanol–water partition coefficient (Wildman–Crippen LogP) is 0.106. The lowest BCUT2D eigenvalue weighted by atomic mass is 10.0. The van der Waals surface area contributed by atoms with Crippen LogP contribution in [0.1, 0.15) is 29.8 Å². The molecule has 0 aromatic carbocycles. The number of aromatic nitrogens is 1. The Hall–Kier alpha value is -2.19. The van der Waals surface area contributed by atoms with Gasteiger partial charge in [-0.15, -0.1) is 0 Å². The molecule has 172 valence electrons. The zero-order valence-corrected chi connectivity index (χ0v) is 19.8. The minimum atomic E-state index is -3.40. The fourth-order valence-electron chi connectivity index (χ4n) is 3.08. The molecular formula is C21H32N4O5S. The van der Waals surface area contributed by atoms with E-state index in [-0.39, 0.29) is 36.4 Å². The van der Waals surface area contributed by atoms with Crippen LogP contribution in [0.4, 0.5) is 0 Å². The number of rotatable bonds is 6. The maximum Gasteiger partial charge on any atom is 0.259 e. The second-order valence-electron chi connectivity index (χ2n) is 8.28. The molecule has 1 aliphatic rings. The molecule has 31 heavy (non-hydrogen) atoms. The molecule has 0 saturated carbocycles. The van der Waals surface area contributed by atoms with Crippen LogP contribution in [0.15, 0.2) is 12.3 Å². The zero-order chi connectivity index (χ0) is 23.3. The van der Waals surface area contributed by atoms with Gasteiger partial charge in [-0.3, -0.25) is 9.69 Å². The summed E-state index contributed by atoms with van der Waals surface area (Å²) in [7, 11) is 1.91. The van der Waals surface area contributed by atoms with Gasteiger partial charge in [-0.1, -0.05) is 18.8 Å². The maximum absolute atomic E-state index is 13.3. The van der Waals surface area contributed by atoms with Gasteiger partial charge in [0.1, 0.15) is 11.7 Å². The molecule has 0 bridgehead atoms. The summed E-state index contributed by atoms with van der Waals surface area (Å²) in [5, 5.41) is 9.69. The van der Waals surface area contributed by atoms with Crippen LogP contribution in [-0.2, 0) is 10.0 Å². The highest BCUT2D eigenvalue weighted by Crippen LogP contribution is 2.27. The van der Waals surface area contributed by atoms with Gasteiger partial charge in [0, 0.05) is 31.3 Å². The van der Waals surface area contributed by atoms with E-state index in [4.69, 9.17) is 4.74 Å². The molecule has 3 atom stereocenters. The molecule has 1 aliphatic heterocycles. The standard InChI is InChI=1S/C21H32N4O5S/c1-15-12-25(16(2)14-26)21(27)18-10-17(8-7-9-23(3)4)11-22-20(18)30-19(15)13-24(5)31(6,28)29/h10-11,15-16,19,26H,9,12-14H2,1-6H3/t15-,16+,19-/m1/s1. The van der Waals surface area contributed by atoms with Gasteiger partial charge in [0.2, 0.25) is 15.9 Å². The Morgan fingerprint density at radius 1 is 1.39 bits per heavy atom. The van der Waals surface area contributed by atoms with E-state index in [0.29, 0.717) is 18.7 Å². The smallest absolute Gasteiger partial charge is 0.259 e. The van der Waals surface area contributed by atoms with Crippen LogP contribution in [0.5, 0.6) is 5.88 Å². The van der Waals surface area contributed by atoms with Gasteiger partial charge < -0.3 is 14.7 Å². The molecule has 0 fully saturated rings. The van der Waals surface area contributed by atoms with Crippen LogP contribution >= 0.6 is 0 Å². The highest BCUT2D eigenvalue weighted by Gasteiger charge is 2.35. The van der Waals surface area contributed by atoms with Crippen molar-refractivity contribution in [1.29, 1.82) is 0 Å². The Morgan fingerprint density at radius 3 is 2.65 bits per heavy atom. The van der Waals surface area contributed by atoms with E-state index in [1.165, 1.54) is 17.5 Å². The number of ether oxygens (including phenoxy) is 1. The van der Waals surface area contributed by atoms with Crippen molar-refractivity contribution in [3.63, 3.8) is 0 Å². The van der Waals surface area contributed by atoms with Crippen LogP contribution in [0.2, 0.25) is 0 Å². The molecule has 0 spiro atoms. The molecule has 0 aliphatic carbocycles. The Labute approximate surface area is 185 Å². The van der Waals surface area contributed by atoms with E-state index < -0.39 is 22.2 Å². The average molecular weight is 453 g/mol. The first-order chi connectivity index (χ1) is 14.4. The first-order valence-electron chi connectivity index (χ1n) is 10.1. The normalized spacial score (nSPS) is 20.4. The van der Waals surface area contributed by atoms with E-state index in [1.807, 2.05) is 25.9 Å². The fourth-order valence-corrected chi connectivity index (χ4v) is 3.49. The summed E-state index contributed by atoms with van der Waals surface area (Å²) in [6.07, 6.45) is 2.14. The summed E-state index contributed by atoms with van der Waals surface area (Å²) in [6.45, 7) is 4.43. The van der Waals surface area contributed by atoms with E-state index >= 15 is 0 Å². The molecule has 0 unspecified atom stereocenters. The number of aliphatic hydroxyl groups is 1. The lowest BCUT2D eigenvalue weighted by Gasteiger charge is -2.37. The van der Waals surface area contributed by atoms with Crippen molar-refractivity contribution in [1.82, 2.24) is 19.1 Å². The topological polar surface area (TPSA) is 103 Å². The summed E-state index contributed by atoms with van der Waals surface area (Å²) in [5.41, 5.74) is 0.823. The molecule has 1 amide bonds. The number of likely N-dealkylation sites (N-methyl/N-ethyl adjacent to an activating group) is 1. The first-order valence-corrected chi connectivity index (χ1v) is 11.9. The second-order valence-corrected chi connectivity index (χ2v) is 10.4. The van der Waals surface area contributed by atoms with Crippen molar-refractivity contribution in [2.24, 2.45) is 5.92 Å². The van der Waals surface area contributed by atoms with Crippen LogP contribution in [-0.4, -0.2) is 104 Å². The third kappa shape index (κ3) is 6.64. The largest absolute Gasteiger partial charge is 0.472 e. The summed E-state index contributed by atoms with van der Waals surface area (Å²) in [4.78, 5) is 21.1. The van der Waals surface area contributed by atoms with Gasteiger partial charge >= 0.3 is 0 Å². The lowest BCUT2D eigenvalue weighted by Crippen LogP contribution is -2.50. The Morgan fingerprint density at radius 2 is 2.06 bits per heavy atom. The lowest BCUT2D eigenvalue weighted by molar-refractivity contribution is 0.0373. The van der Waals surface area contributed by atoms with E-state index in [0.717, 1.165) is 6.26 Å². The summed E-state index contributed by atoms with van der Waals surface area (Å²) in [5.74, 6) is 5.64. The molecule has 1 N–H and O–H groups in total. The maximum atomic E-state index is 13.3. The van der Waals surface area contributed by atoms with Gasteiger partial charge in [-0.2, -0.15) is 0 Å². The number of sulfonamides is 1.